The van der Waals surface area contributed by atoms with Gasteiger partial charge in [-0.3, -0.25) is 4.98 Å². The number of aromatic nitrogens is 2. The summed E-state index contributed by atoms with van der Waals surface area (Å²) in [6.07, 6.45) is 3.48. The second-order valence-corrected chi connectivity index (χ2v) is 4.15. The molecule has 68 valence electrons. The van der Waals surface area contributed by atoms with Crippen molar-refractivity contribution in [1.29, 1.82) is 0 Å². The molecule has 0 amide bonds. The lowest BCUT2D eigenvalue weighted by Gasteiger charge is -2.13. The van der Waals surface area contributed by atoms with E-state index < -0.39 is 0 Å². The number of fused-ring (bicyclic) bond motifs is 1. The van der Waals surface area contributed by atoms with E-state index in [-0.39, 0.29) is 5.41 Å². The Labute approximate surface area is 76.8 Å². The third kappa shape index (κ3) is 1.30. The molecule has 2 rings (SSSR count). The van der Waals surface area contributed by atoms with Crippen LogP contribution in [0.4, 0.5) is 0 Å². The van der Waals surface area contributed by atoms with Crippen molar-refractivity contribution in [2.24, 2.45) is 0 Å². The van der Waals surface area contributed by atoms with Gasteiger partial charge in [-0.15, -0.1) is 0 Å². The average Bonchev–Trinajstić information content (AvgIpc) is 2.45. The Kier molecular flexibility index (Phi) is 1.62. The lowest BCUT2D eigenvalue weighted by Crippen LogP contribution is -2.09. The SMILES string of the molecule is CC(C)(C)c1onc2cnccc12. The topological polar surface area (TPSA) is 38.9 Å². The van der Waals surface area contributed by atoms with Crippen molar-refractivity contribution in [3.63, 3.8) is 0 Å². The molecule has 2 aromatic heterocycles. The summed E-state index contributed by atoms with van der Waals surface area (Å²) < 4.78 is 5.29. The second-order valence-electron chi connectivity index (χ2n) is 4.15. The van der Waals surface area contributed by atoms with Gasteiger partial charge >= 0.3 is 0 Å². The standard InChI is InChI=1S/C10H12N2O/c1-10(2,3)9-7-4-5-11-6-8(7)12-13-9/h4-6H,1-3H3. The van der Waals surface area contributed by atoms with Gasteiger partial charge in [0.05, 0.1) is 6.20 Å². The normalized spacial score (nSPS) is 12.2. The third-order valence-electron chi connectivity index (χ3n) is 1.96. The first-order valence-corrected chi connectivity index (χ1v) is 4.29. The summed E-state index contributed by atoms with van der Waals surface area (Å²) in [4.78, 5) is 3.99. The van der Waals surface area contributed by atoms with E-state index in [1.807, 2.05) is 6.07 Å². The minimum Gasteiger partial charge on any atom is -0.360 e. The van der Waals surface area contributed by atoms with E-state index >= 15 is 0 Å². The predicted octanol–water partition coefficient (Wildman–Crippen LogP) is 2.52. The Morgan fingerprint density at radius 1 is 1.31 bits per heavy atom. The van der Waals surface area contributed by atoms with Crippen LogP contribution in [0.2, 0.25) is 0 Å². The molecule has 13 heavy (non-hydrogen) atoms. The third-order valence-corrected chi connectivity index (χ3v) is 1.96. The summed E-state index contributed by atoms with van der Waals surface area (Å²) in [5.41, 5.74) is 0.822. The molecule has 0 bridgehead atoms. The van der Waals surface area contributed by atoms with Crippen LogP contribution in [-0.2, 0) is 5.41 Å². The molecular weight excluding hydrogens is 164 g/mol. The van der Waals surface area contributed by atoms with Crippen molar-refractivity contribution in [2.75, 3.05) is 0 Å². The average molecular weight is 176 g/mol. The van der Waals surface area contributed by atoms with Crippen LogP contribution in [0.15, 0.2) is 23.0 Å². The number of rotatable bonds is 0. The summed E-state index contributed by atoms with van der Waals surface area (Å²) >= 11 is 0. The summed E-state index contributed by atoms with van der Waals surface area (Å²) in [6.45, 7) is 6.31. The van der Waals surface area contributed by atoms with Gasteiger partial charge in [-0.25, -0.2) is 0 Å². The van der Waals surface area contributed by atoms with Crippen molar-refractivity contribution < 1.29 is 4.52 Å². The van der Waals surface area contributed by atoms with E-state index in [1.54, 1.807) is 12.4 Å². The zero-order valence-electron chi connectivity index (χ0n) is 8.03. The van der Waals surface area contributed by atoms with Crippen molar-refractivity contribution in [1.82, 2.24) is 10.1 Å². The van der Waals surface area contributed by atoms with Gasteiger partial charge in [-0.1, -0.05) is 25.9 Å². The van der Waals surface area contributed by atoms with E-state index in [2.05, 4.69) is 30.9 Å². The molecule has 0 aliphatic heterocycles. The monoisotopic (exact) mass is 176 g/mol. The maximum absolute atomic E-state index is 5.29. The first-order valence-electron chi connectivity index (χ1n) is 4.29. The molecule has 0 atom stereocenters. The van der Waals surface area contributed by atoms with Gasteiger partial charge in [-0.2, -0.15) is 0 Å². The molecule has 0 radical (unpaired) electrons. The van der Waals surface area contributed by atoms with Crippen molar-refractivity contribution in [2.45, 2.75) is 26.2 Å². The first kappa shape index (κ1) is 8.23. The fourth-order valence-electron chi connectivity index (χ4n) is 1.34. The van der Waals surface area contributed by atoms with Gasteiger partial charge in [0, 0.05) is 17.0 Å². The van der Waals surface area contributed by atoms with E-state index in [1.165, 1.54) is 0 Å². The van der Waals surface area contributed by atoms with Crippen LogP contribution < -0.4 is 0 Å². The van der Waals surface area contributed by atoms with Gasteiger partial charge in [0.15, 0.2) is 0 Å². The van der Waals surface area contributed by atoms with Crippen LogP contribution in [0.1, 0.15) is 26.5 Å². The molecule has 0 spiro atoms. The fourth-order valence-corrected chi connectivity index (χ4v) is 1.34. The van der Waals surface area contributed by atoms with Gasteiger partial charge in [-0.05, 0) is 6.07 Å². The van der Waals surface area contributed by atoms with E-state index in [4.69, 9.17) is 4.52 Å². The van der Waals surface area contributed by atoms with Crippen LogP contribution in [0.3, 0.4) is 0 Å². The van der Waals surface area contributed by atoms with Crippen LogP contribution >= 0.6 is 0 Å². The summed E-state index contributed by atoms with van der Waals surface area (Å²) in [5.74, 6) is 0.921. The highest BCUT2D eigenvalue weighted by atomic mass is 16.5. The quantitative estimate of drug-likeness (QED) is 0.619. The number of pyridine rings is 1. The van der Waals surface area contributed by atoms with Gasteiger partial charge in [0.2, 0.25) is 0 Å². The molecule has 0 saturated carbocycles. The Balaban J connectivity index is 2.72. The van der Waals surface area contributed by atoms with E-state index in [0.717, 1.165) is 16.7 Å². The van der Waals surface area contributed by atoms with Crippen LogP contribution in [-0.4, -0.2) is 10.1 Å². The van der Waals surface area contributed by atoms with Crippen molar-refractivity contribution >= 4 is 10.9 Å². The summed E-state index contributed by atoms with van der Waals surface area (Å²) in [7, 11) is 0. The summed E-state index contributed by atoms with van der Waals surface area (Å²) in [6, 6.07) is 1.94. The molecule has 0 aromatic carbocycles. The molecule has 0 N–H and O–H groups in total. The largest absolute Gasteiger partial charge is 0.360 e. The molecule has 3 nitrogen and oxygen atoms in total. The molecule has 0 aliphatic rings. The van der Waals surface area contributed by atoms with Crippen LogP contribution in [0.5, 0.6) is 0 Å². The number of hydrogen-bond donors (Lipinski definition) is 0. The minimum absolute atomic E-state index is 0.00387. The Morgan fingerprint density at radius 3 is 2.77 bits per heavy atom. The molecule has 3 heteroatoms. The molecule has 0 saturated heterocycles. The van der Waals surface area contributed by atoms with Crippen molar-refractivity contribution in [3.05, 3.63) is 24.2 Å². The van der Waals surface area contributed by atoms with E-state index in [0.29, 0.717) is 0 Å². The second kappa shape index (κ2) is 2.55. The lowest BCUT2D eigenvalue weighted by molar-refractivity contribution is 0.336. The zero-order chi connectivity index (χ0) is 9.47. The predicted molar refractivity (Wildman–Crippen MR) is 50.5 cm³/mol. The highest BCUT2D eigenvalue weighted by Gasteiger charge is 2.22. The van der Waals surface area contributed by atoms with E-state index in [9.17, 15) is 0 Å². The molecule has 2 aromatic rings. The first-order chi connectivity index (χ1) is 6.09. The number of nitrogens with zero attached hydrogens (tertiary/aromatic N) is 2. The van der Waals surface area contributed by atoms with Crippen LogP contribution in [0.25, 0.3) is 10.9 Å². The smallest absolute Gasteiger partial charge is 0.149 e. The Hall–Kier alpha value is -1.38. The molecule has 0 aliphatic carbocycles. The molecular formula is C10H12N2O. The maximum atomic E-state index is 5.29. The molecule has 2 heterocycles. The zero-order valence-corrected chi connectivity index (χ0v) is 8.03. The maximum Gasteiger partial charge on any atom is 0.149 e. The van der Waals surface area contributed by atoms with Crippen LogP contribution in [0, 0.1) is 0 Å². The minimum atomic E-state index is -0.00387. The van der Waals surface area contributed by atoms with Gasteiger partial charge < -0.3 is 4.52 Å². The van der Waals surface area contributed by atoms with Gasteiger partial charge in [0.25, 0.3) is 0 Å². The Morgan fingerprint density at radius 2 is 2.08 bits per heavy atom. The molecule has 0 unspecified atom stereocenters. The summed E-state index contributed by atoms with van der Waals surface area (Å²) in [5, 5.41) is 5.01. The lowest BCUT2D eigenvalue weighted by atomic mass is 9.91. The fraction of sp³-hybridized carbons (Fsp3) is 0.400. The molecule has 0 fully saturated rings. The van der Waals surface area contributed by atoms with Crippen molar-refractivity contribution in [3.8, 4) is 0 Å². The number of hydrogen-bond acceptors (Lipinski definition) is 3. The highest BCUT2D eigenvalue weighted by molar-refractivity contribution is 5.80. The Bertz CT molecular complexity index is 426. The van der Waals surface area contributed by atoms with Gasteiger partial charge in [0.1, 0.15) is 11.3 Å². The highest BCUT2D eigenvalue weighted by Crippen LogP contribution is 2.28.